The van der Waals surface area contributed by atoms with Gasteiger partial charge in [0.05, 0.1) is 7.11 Å². The molecule has 2 aromatic carbocycles. The number of carbonyl (C=O) groups is 1. The zero-order valence-electron chi connectivity index (χ0n) is 15.0. The summed E-state index contributed by atoms with van der Waals surface area (Å²) >= 11 is 3.42. The summed E-state index contributed by atoms with van der Waals surface area (Å²) in [7, 11) is 1.42. The number of pyridine rings is 1. The predicted molar refractivity (Wildman–Crippen MR) is 111 cm³/mol. The molecule has 3 aromatic rings. The highest BCUT2D eigenvalue weighted by Gasteiger charge is 2.21. The van der Waals surface area contributed by atoms with Gasteiger partial charge in [-0.15, -0.1) is 0 Å². The van der Waals surface area contributed by atoms with E-state index in [4.69, 9.17) is 0 Å². The lowest BCUT2D eigenvalue weighted by Crippen LogP contribution is -2.31. The van der Waals surface area contributed by atoms with Crippen LogP contribution in [0.1, 0.15) is 12.8 Å². The van der Waals surface area contributed by atoms with E-state index in [-0.39, 0.29) is 17.6 Å². The third-order valence-corrected chi connectivity index (χ3v) is 4.93. The first-order valence-corrected chi connectivity index (χ1v) is 9.57. The van der Waals surface area contributed by atoms with Gasteiger partial charge in [-0.05, 0) is 54.6 Å². The number of halogens is 1. The minimum atomic E-state index is -0.132. The normalized spacial score (nSPS) is 15.9. The highest BCUT2D eigenvalue weighted by Crippen LogP contribution is 2.22. The summed E-state index contributed by atoms with van der Waals surface area (Å²) in [6.45, 7) is 0.944. The van der Waals surface area contributed by atoms with Crippen LogP contribution in [0.25, 0.3) is 22.0 Å². The quantitative estimate of drug-likeness (QED) is 0.607. The molecule has 27 heavy (non-hydrogen) atoms. The van der Waals surface area contributed by atoms with Crippen LogP contribution in [0.3, 0.4) is 0 Å². The topological polar surface area (TPSA) is 71.2 Å². The lowest BCUT2D eigenvalue weighted by molar-refractivity contribution is -0.142. The molecular formula is C21H21BrN2O3. The van der Waals surface area contributed by atoms with Crippen LogP contribution in [0.5, 0.6) is 0 Å². The molecule has 1 atom stereocenters. The Morgan fingerprint density at radius 1 is 1.15 bits per heavy atom. The van der Waals surface area contributed by atoms with Crippen LogP contribution in [-0.4, -0.2) is 30.6 Å². The van der Waals surface area contributed by atoms with Crippen molar-refractivity contribution in [2.75, 3.05) is 13.7 Å². The van der Waals surface area contributed by atoms with E-state index in [1.54, 1.807) is 0 Å². The number of fused-ring (bicyclic) bond motifs is 1. The number of aromatic nitrogens is 1. The number of carbonyl (C=O) groups excluding carboxylic acids is 1. The first-order chi connectivity index (χ1) is 13.1. The SMILES string of the molecule is COC(=O)C1CCCN1.O=c1[nH]c2ccccc2cc1-c1cccc(Br)c1. The number of hydrogen-bond acceptors (Lipinski definition) is 4. The number of H-pyrrole nitrogens is 1. The minimum absolute atomic E-state index is 0.0324. The van der Waals surface area contributed by atoms with Crippen molar-refractivity contribution in [2.45, 2.75) is 18.9 Å². The van der Waals surface area contributed by atoms with Crippen LogP contribution < -0.4 is 10.9 Å². The Bertz CT molecular complexity index is 994. The molecule has 1 unspecified atom stereocenters. The zero-order chi connectivity index (χ0) is 19.2. The highest BCUT2D eigenvalue weighted by atomic mass is 79.9. The first kappa shape index (κ1) is 19.3. The van der Waals surface area contributed by atoms with Gasteiger partial charge < -0.3 is 15.0 Å². The van der Waals surface area contributed by atoms with Gasteiger partial charge in [-0.3, -0.25) is 9.59 Å². The van der Waals surface area contributed by atoms with E-state index in [2.05, 4.69) is 31.0 Å². The molecule has 2 N–H and O–H groups in total. The van der Waals surface area contributed by atoms with Gasteiger partial charge in [0.25, 0.3) is 5.56 Å². The molecule has 0 bridgehead atoms. The van der Waals surface area contributed by atoms with Crippen LogP contribution in [0.4, 0.5) is 0 Å². The fraction of sp³-hybridized carbons (Fsp3) is 0.238. The molecule has 2 heterocycles. The summed E-state index contributed by atoms with van der Waals surface area (Å²) in [6.07, 6.45) is 2.01. The maximum atomic E-state index is 12.1. The molecule has 0 spiro atoms. The number of nitrogens with one attached hydrogen (secondary N) is 2. The molecule has 1 aromatic heterocycles. The van der Waals surface area contributed by atoms with Gasteiger partial charge in [0.2, 0.25) is 0 Å². The van der Waals surface area contributed by atoms with E-state index >= 15 is 0 Å². The molecule has 6 heteroatoms. The zero-order valence-corrected chi connectivity index (χ0v) is 16.6. The van der Waals surface area contributed by atoms with Crippen LogP contribution in [-0.2, 0) is 9.53 Å². The summed E-state index contributed by atoms with van der Waals surface area (Å²) in [6, 6.07) is 17.4. The van der Waals surface area contributed by atoms with Crippen molar-refractivity contribution in [3.8, 4) is 11.1 Å². The molecule has 0 radical (unpaired) electrons. The average Bonchev–Trinajstić information content (AvgIpc) is 3.22. The molecule has 140 valence electrons. The maximum absolute atomic E-state index is 12.1. The molecule has 0 aliphatic carbocycles. The lowest BCUT2D eigenvalue weighted by atomic mass is 10.1. The number of rotatable bonds is 2. The average molecular weight is 429 g/mol. The Morgan fingerprint density at radius 3 is 2.67 bits per heavy atom. The third-order valence-electron chi connectivity index (χ3n) is 4.44. The fourth-order valence-electron chi connectivity index (χ4n) is 3.05. The molecule has 1 aliphatic rings. The van der Waals surface area contributed by atoms with E-state index in [9.17, 15) is 9.59 Å². The summed E-state index contributed by atoms with van der Waals surface area (Å²) in [4.78, 5) is 25.7. The summed E-state index contributed by atoms with van der Waals surface area (Å²) in [5.74, 6) is -0.132. The first-order valence-electron chi connectivity index (χ1n) is 8.77. The van der Waals surface area contributed by atoms with E-state index in [1.165, 1.54) is 7.11 Å². The van der Waals surface area contributed by atoms with Gasteiger partial charge in [0.1, 0.15) is 6.04 Å². The number of esters is 1. The molecule has 1 fully saturated rings. The monoisotopic (exact) mass is 428 g/mol. The number of ether oxygens (including phenoxy) is 1. The Hall–Kier alpha value is -2.44. The van der Waals surface area contributed by atoms with Crippen LogP contribution in [0.2, 0.25) is 0 Å². The van der Waals surface area contributed by atoms with Crippen molar-refractivity contribution in [1.82, 2.24) is 10.3 Å². The van der Waals surface area contributed by atoms with Crippen LogP contribution in [0, 0.1) is 0 Å². The fourth-order valence-corrected chi connectivity index (χ4v) is 3.45. The van der Waals surface area contributed by atoms with Gasteiger partial charge in [-0.25, -0.2) is 0 Å². The molecule has 0 amide bonds. The second-order valence-corrected chi connectivity index (χ2v) is 7.20. The Kier molecular flexibility index (Phi) is 6.42. The van der Waals surface area contributed by atoms with E-state index in [0.29, 0.717) is 5.56 Å². The van der Waals surface area contributed by atoms with Gasteiger partial charge in [-0.1, -0.05) is 46.3 Å². The summed E-state index contributed by atoms with van der Waals surface area (Å²) in [5.41, 5.74) is 2.40. The molecule has 0 saturated carbocycles. The van der Waals surface area contributed by atoms with Gasteiger partial charge in [-0.2, -0.15) is 0 Å². The van der Waals surface area contributed by atoms with Gasteiger partial charge in [0.15, 0.2) is 0 Å². The van der Waals surface area contributed by atoms with E-state index in [1.807, 2.05) is 54.6 Å². The van der Waals surface area contributed by atoms with Crippen molar-refractivity contribution in [3.05, 3.63) is 69.4 Å². The molecule has 1 saturated heterocycles. The van der Waals surface area contributed by atoms with Crippen molar-refractivity contribution in [2.24, 2.45) is 0 Å². The number of para-hydroxylation sites is 1. The highest BCUT2D eigenvalue weighted by molar-refractivity contribution is 9.10. The van der Waals surface area contributed by atoms with E-state index in [0.717, 1.165) is 40.3 Å². The number of aromatic amines is 1. The molecular weight excluding hydrogens is 408 g/mol. The molecule has 4 rings (SSSR count). The Labute approximate surface area is 165 Å². The number of methoxy groups -OCH3 is 1. The van der Waals surface area contributed by atoms with E-state index < -0.39 is 0 Å². The van der Waals surface area contributed by atoms with Gasteiger partial charge >= 0.3 is 5.97 Å². The van der Waals surface area contributed by atoms with Crippen molar-refractivity contribution < 1.29 is 9.53 Å². The summed E-state index contributed by atoms with van der Waals surface area (Å²) in [5, 5.41) is 4.07. The largest absolute Gasteiger partial charge is 0.468 e. The molecule has 5 nitrogen and oxygen atoms in total. The minimum Gasteiger partial charge on any atom is -0.468 e. The lowest BCUT2D eigenvalue weighted by Gasteiger charge is -2.04. The van der Waals surface area contributed by atoms with Gasteiger partial charge in [0, 0.05) is 15.6 Å². The number of benzene rings is 2. The second kappa shape index (κ2) is 8.97. The van der Waals surface area contributed by atoms with Crippen LogP contribution >= 0.6 is 15.9 Å². The van der Waals surface area contributed by atoms with Crippen molar-refractivity contribution in [3.63, 3.8) is 0 Å². The maximum Gasteiger partial charge on any atom is 0.322 e. The Balaban J connectivity index is 0.000000197. The number of hydrogen-bond donors (Lipinski definition) is 2. The predicted octanol–water partition coefficient (Wildman–Crippen LogP) is 3.87. The third kappa shape index (κ3) is 4.84. The van der Waals surface area contributed by atoms with Crippen molar-refractivity contribution in [1.29, 1.82) is 0 Å². The standard InChI is InChI=1S/C15H10BrNO.C6H11NO2/c16-12-6-3-5-10(8-12)13-9-11-4-1-2-7-14(11)17-15(13)18;1-9-6(8)5-3-2-4-7-5/h1-9H,(H,17,18);5,7H,2-4H2,1H3. The van der Waals surface area contributed by atoms with Crippen LogP contribution in [0.15, 0.2) is 63.9 Å². The smallest absolute Gasteiger partial charge is 0.322 e. The Morgan fingerprint density at radius 2 is 1.96 bits per heavy atom. The van der Waals surface area contributed by atoms with Crippen molar-refractivity contribution >= 4 is 32.8 Å². The molecule has 1 aliphatic heterocycles. The second-order valence-electron chi connectivity index (χ2n) is 6.28. The summed E-state index contributed by atoms with van der Waals surface area (Å²) < 4.78 is 5.50.